The van der Waals surface area contributed by atoms with Gasteiger partial charge in [0.25, 0.3) is 0 Å². The van der Waals surface area contributed by atoms with Crippen LogP contribution in [0.25, 0.3) is 0 Å². The molecule has 0 saturated heterocycles. The number of carbonyl (C=O) groups excluding carboxylic acids is 2. The molecule has 0 heterocycles. The predicted molar refractivity (Wildman–Crippen MR) is 96.7 cm³/mol. The second-order valence-corrected chi connectivity index (χ2v) is 6.85. The van der Waals surface area contributed by atoms with E-state index in [4.69, 9.17) is 0 Å². The molecule has 0 radical (unpaired) electrons. The first-order valence-corrected chi connectivity index (χ1v) is 8.84. The van der Waals surface area contributed by atoms with Crippen molar-refractivity contribution in [2.45, 2.75) is 32.1 Å². The Balaban J connectivity index is 1.69. The van der Waals surface area contributed by atoms with E-state index in [-0.39, 0.29) is 23.7 Å². The molecule has 5 nitrogen and oxygen atoms in total. The van der Waals surface area contributed by atoms with Crippen LogP contribution >= 0.6 is 0 Å². The third-order valence-electron chi connectivity index (χ3n) is 4.59. The first kappa shape index (κ1) is 18.5. The normalized spacial score (nSPS) is 20.6. The van der Waals surface area contributed by atoms with Gasteiger partial charge in [-0.25, -0.2) is 0 Å². The van der Waals surface area contributed by atoms with Crippen LogP contribution in [0.4, 0.5) is 5.69 Å². The summed E-state index contributed by atoms with van der Waals surface area (Å²) in [5, 5.41) is 5.99. The largest absolute Gasteiger partial charge is 0.356 e. The highest BCUT2D eigenvalue weighted by atomic mass is 16.2. The number of rotatable bonds is 7. The smallest absolute Gasteiger partial charge is 0.227 e. The van der Waals surface area contributed by atoms with Crippen LogP contribution in [0.15, 0.2) is 30.3 Å². The van der Waals surface area contributed by atoms with E-state index >= 15 is 0 Å². The molecule has 5 heteroatoms. The molecule has 1 aromatic rings. The number of carbonyl (C=O) groups is 2. The van der Waals surface area contributed by atoms with Crippen molar-refractivity contribution in [2.75, 3.05) is 32.5 Å². The Morgan fingerprint density at radius 1 is 1.00 bits per heavy atom. The molecule has 2 rings (SSSR count). The van der Waals surface area contributed by atoms with Crippen LogP contribution in [0.2, 0.25) is 0 Å². The van der Waals surface area contributed by atoms with E-state index in [0.717, 1.165) is 50.9 Å². The van der Waals surface area contributed by atoms with Crippen molar-refractivity contribution in [3.8, 4) is 0 Å². The minimum Gasteiger partial charge on any atom is -0.356 e. The van der Waals surface area contributed by atoms with Crippen LogP contribution in [0.5, 0.6) is 0 Å². The molecule has 2 N–H and O–H groups in total. The third-order valence-corrected chi connectivity index (χ3v) is 4.59. The van der Waals surface area contributed by atoms with Gasteiger partial charge in [0, 0.05) is 24.1 Å². The summed E-state index contributed by atoms with van der Waals surface area (Å²) in [5.74, 6) is 0.301. The summed E-state index contributed by atoms with van der Waals surface area (Å²) in [5.41, 5.74) is 0.836. The van der Waals surface area contributed by atoms with E-state index in [1.165, 1.54) is 0 Å². The second kappa shape index (κ2) is 9.42. The lowest BCUT2D eigenvalue weighted by Crippen LogP contribution is -2.36. The molecule has 0 unspecified atom stereocenters. The van der Waals surface area contributed by atoms with Gasteiger partial charge in [0.2, 0.25) is 11.8 Å². The molecular weight excluding hydrogens is 302 g/mol. The fourth-order valence-corrected chi connectivity index (χ4v) is 3.13. The zero-order chi connectivity index (χ0) is 17.4. The molecule has 24 heavy (non-hydrogen) atoms. The minimum atomic E-state index is 0.0167. The molecule has 1 fully saturated rings. The van der Waals surface area contributed by atoms with Gasteiger partial charge >= 0.3 is 0 Å². The molecule has 0 aromatic heterocycles. The second-order valence-electron chi connectivity index (χ2n) is 6.85. The molecule has 1 aliphatic rings. The van der Waals surface area contributed by atoms with Crippen molar-refractivity contribution in [3.63, 3.8) is 0 Å². The maximum Gasteiger partial charge on any atom is 0.227 e. The molecule has 2 amide bonds. The SMILES string of the molecule is CN(C)CCCNC(=O)C1CCC(C(=O)Nc2ccccc2)CC1. The van der Waals surface area contributed by atoms with Crippen LogP contribution in [-0.2, 0) is 9.59 Å². The van der Waals surface area contributed by atoms with Crippen molar-refractivity contribution in [3.05, 3.63) is 30.3 Å². The van der Waals surface area contributed by atoms with Crippen molar-refractivity contribution in [1.82, 2.24) is 10.2 Å². The van der Waals surface area contributed by atoms with Gasteiger partial charge in [0.05, 0.1) is 0 Å². The summed E-state index contributed by atoms with van der Waals surface area (Å²) in [6.07, 6.45) is 4.13. The molecule has 0 atom stereocenters. The van der Waals surface area contributed by atoms with Crippen molar-refractivity contribution in [2.24, 2.45) is 11.8 Å². The van der Waals surface area contributed by atoms with Crippen molar-refractivity contribution in [1.29, 1.82) is 0 Å². The van der Waals surface area contributed by atoms with Gasteiger partial charge in [-0.1, -0.05) is 18.2 Å². The van der Waals surface area contributed by atoms with Crippen molar-refractivity contribution >= 4 is 17.5 Å². The highest BCUT2D eigenvalue weighted by Gasteiger charge is 2.29. The minimum absolute atomic E-state index is 0.0167. The van der Waals surface area contributed by atoms with Gasteiger partial charge in [-0.05, 0) is 64.9 Å². The fraction of sp³-hybridized carbons (Fsp3) is 0.579. The number of anilines is 1. The number of hydrogen-bond acceptors (Lipinski definition) is 3. The Hall–Kier alpha value is -1.88. The number of hydrogen-bond donors (Lipinski definition) is 2. The fourth-order valence-electron chi connectivity index (χ4n) is 3.13. The monoisotopic (exact) mass is 331 g/mol. The van der Waals surface area contributed by atoms with Gasteiger partial charge in [-0.15, -0.1) is 0 Å². The van der Waals surface area contributed by atoms with Crippen molar-refractivity contribution < 1.29 is 9.59 Å². The summed E-state index contributed by atoms with van der Waals surface area (Å²) in [7, 11) is 4.06. The van der Waals surface area contributed by atoms with Gasteiger partial charge in [0.15, 0.2) is 0 Å². The van der Waals surface area contributed by atoms with Gasteiger partial charge in [-0.2, -0.15) is 0 Å². The first-order chi connectivity index (χ1) is 11.6. The third kappa shape index (κ3) is 5.96. The Kier molecular flexibility index (Phi) is 7.25. The number of nitrogens with zero attached hydrogens (tertiary/aromatic N) is 1. The summed E-state index contributed by atoms with van der Waals surface area (Å²) in [4.78, 5) is 26.6. The summed E-state index contributed by atoms with van der Waals surface area (Å²) in [6.45, 7) is 1.71. The van der Waals surface area contributed by atoms with E-state index in [9.17, 15) is 9.59 Å². The first-order valence-electron chi connectivity index (χ1n) is 8.84. The lowest BCUT2D eigenvalue weighted by molar-refractivity contribution is -0.128. The Bertz CT molecular complexity index is 523. The van der Waals surface area contributed by atoms with E-state index in [0.29, 0.717) is 0 Å². The maximum atomic E-state index is 12.3. The Labute approximate surface area is 144 Å². The number of nitrogens with one attached hydrogen (secondary N) is 2. The highest BCUT2D eigenvalue weighted by molar-refractivity contribution is 5.92. The number of benzene rings is 1. The highest BCUT2D eigenvalue weighted by Crippen LogP contribution is 2.29. The zero-order valence-corrected chi connectivity index (χ0v) is 14.8. The van der Waals surface area contributed by atoms with Crippen LogP contribution in [0.1, 0.15) is 32.1 Å². The number of para-hydroxylation sites is 1. The van der Waals surface area contributed by atoms with Gasteiger partial charge in [-0.3, -0.25) is 9.59 Å². The molecule has 0 spiro atoms. The van der Waals surface area contributed by atoms with Crippen LogP contribution in [0.3, 0.4) is 0 Å². The maximum absolute atomic E-state index is 12.3. The quantitative estimate of drug-likeness (QED) is 0.755. The van der Waals surface area contributed by atoms with Gasteiger partial charge in [0.1, 0.15) is 0 Å². The topological polar surface area (TPSA) is 61.4 Å². The summed E-state index contributed by atoms with van der Waals surface area (Å²) < 4.78 is 0. The molecule has 1 aliphatic carbocycles. The molecule has 1 saturated carbocycles. The van der Waals surface area contributed by atoms with E-state index < -0.39 is 0 Å². The number of amides is 2. The van der Waals surface area contributed by atoms with Gasteiger partial charge < -0.3 is 15.5 Å². The lowest BCUT2D eigenvalue weighted by Gasteiger charge is -2.27. The predicted octanol–water partition coefficient (Wildman–Crippen LogP) is 2.50. The average Bonchev–Trinajstić information content (AvgIpc) is 2.59. The van der Waals surface area contributed by atoms with Crippen LogP contribution in [0, 0.1) is 11.8 Å². The molecule has 0 bridgehead atoms. The van der Waals surface area contributed by atoms with Crippen LogP contribution in [-0.4, -0.2) is 43.9 Å². The molecule has 0 aliphatic heterocycles. The van der Waals surface area contributed by atoms with E-state index in [1.807, 2.05) is 44.4 Å². The molecule has 1 aromatic carbocycles. The lowest BCUT2D eigenvalue weighted by atomic mass is 9.81. The van der Waals surface area contributed by atoms with Crippen LogP contribution < -0.4 is 10.6 Å². The average molecular weight is 331 g/mol. The Morgan fingerprint density at radius 3 is 2.17 bits per heavy atom. The summed E-state index contributed by atoms with van der Waals surface area (Å²) in [6, 6.07) is 9.54. The van der Waals surface area contributed by atoms with E-state index in [1.54, 1.807) is 0 Å². The summed E-state index contributed by atoms with van der Waals surface area (Å²) >= 11 is 0. The molecule has 132 valence electrons. The Morgan fingerprint density at radius 2 is 1.58 bits per heavy atom. The molecular formula is C19H29N3O2. The zero-order valence-electron chi connectivity index (χ0n) is 14.8. The van der Waals surface area contributed by atoms with E-state index in [2.05, 4.69) is 15.5 Å². The standard InChI is InChI=1S/C19H29N3O2/c1-22(2)14-6-13-20-18(23)15-9-11-16(12-10-15)19(24)21-17-7-4-3-5-8-17/h3-5,7-8,15-16H,6,9-14H2,1-2H3,(H,20,23)(H,21,24).